The molecule has 1 N–H and O–H groups in total. The van der Waals surface area contributed by atoms with E-state index in [-0.39, 0.29) is 0 Å². The van der Waals surface area contributed by atoms with Gasteiger partial charge in [0.2, 0.25) is 0 Å². The number of halogens is 1. The van der Waals surface area contributed by atoms with Crippen LogP contribution in [0.15, 0.2) is 12.1 Å². The third-order valence-corrected chi connectivity index (χ3v) is 4.96. The maximum Gasteiger partial charge on any atom is 0.0931 e. The summed E-state index contributed by atoms with van der Waals surface area (Å²) >= 11 is 7.66. The highest BCUT2D eigenvalue weighted by Gasteiger charge is 2.23. The van der Waals surface area contributed by atoms with Crippen molar-refractivity contribution < 1.29 is 0 Å². The molecule has 0 amide bonds. The Morgan fingerprint density at radius 3 is 2.75 bits per heavy atom. The van der Waals surface area contributed by atoms with E-state index in [9.17, 15) is 0 Å². The van der Waals surface area contributed by atoms with Crippen molar-refractivity contribution >= 4 is 22.9 Å². The highest BCUT2D eigenvalue weighted by atomic mass is 35.5. The second-order valence-corrected chi connectivity index (χ2v) is 6.48. The average molecular weight is 258 g/mol. The van der Waals surface area contributed by atoms with Crippen LogP contribution >= 0.6 is 22.9 Å². The molecule has 0 saturated heterocycles. The van der Waals surface area contributed by atoms with Gasteiger partial charge in [0.05, 0.1) is 4.34 Å². The maximum absolute atomic E-state index is 5.94. The van der Waals surface area contributed by atoms with E-state index in [1.165, 1.54) is 43.4 Å². The number of aryl methyl sites for hydroxylation is 1. The Labute approximate surface area is 107 Å². The number of hydrogen-bond acceptors (Lipinski definition) is 2. The summed E-state index contributed by atoms with van der Waals surface area (Å²) in [6.07, 6.45) is 8.09. The van der Waals surface area contributed by atoms with Gasteiger partial charge in [-0.15, -0.1) is 11.3 Å². The zero-order chi connectivity index (χ0) is 11.4. The van der Waals surface area contributed by atoms with E-state index in [0.29, 0.717) is 6.04 Å². The highest BCUT2D eigenvalue weighted by molar-refractivity contribution is 7.16. The van der Waals surface area contributed by atoms with Crippen LogP contribution in [0, 0.1) is 5.92 Å². The Kier molecular flexibility index (Phi) is 4.68. The lowest BCUT2D eigenvalue weighted by atomic mass is 9.94. The van der Waals surface area contributed by atoms with Crippen molar-refractivity contribution in [3.05, 3.63) is 21.3 Å². The summed E-state index contributed by atoms with van der Waals surface area (Å²) in [4.78, 5) is 1.42. The Balaban J connectivity index is 1.82. The Morgan fingerprint density at radius 1 is 1.44 bits per heavy atom. The smallest absolute Gasteiger partial charge is 0.0931 e. The monoisotopic (exact) mass is 257 g/mol. The number of rotatable bonds is 5. The van der Waals surface area contributed by atoms with Crippen molar-refractivity contribution in [2.75, 3.05) is 7.05 Å². The molecule has 1 saturated carbocycles. The fraction of sp³-hybridized carbons (Fsp3) is 0.692. The Hall–Kier alpha value is -0.0500. The minimum absolute atomic E-state index is 0.698. The normalized spacial score (nSPS) is 19.1. The van der Waals surface area contributed by atoms with Gasteiger partial charge in [-0.1, -0.05) is 24.4 Å². The van der Waals surface area contributed by atoms with E-state index in [0.717, 1.165) is 10.3 Å². The molecule has 0 radical (unpaired) electrons. The molecule has 90 valence electrons. The molecule has 1 aromatic rings. The SMILES string of the molecule is CNC(CCc1ccc(Cl)s1)C1CCCC1. The lowest BCUT2D eigenvalue weighted by molar-refractivity contribution is 0.360. The van der Waals surface area contributed by atoms with Gasteiger partial charge in [0.25, 0.3) is 0 Å². The van der Waals surface area contributed by atoms with Gasteiger partial charge < -0.3 is 5.32 Å². The molecule has 1 aliphatic rings. The summed E-state index contributed by atoms with van der Waals surface area (Å²) in [6.45, 7) is 0. The zero-order valence-corrected chi connectivity index (χ0v) is 11.4. The van der Waals surface area contributed by atoms with Crippen LogP contribution in [0.2, 0.25) is 4.34 Å². The van der Waals surface area contributed by atoms with Crippen LogP contribution in [0.4, 0.5) is 0 Å². The third kappa shape index (κ3) is 3.22. The Morgan fingerprint density at radius 2 is 2.19 bits per heavy atom. The first-order valence-electron chi connectivity index (χ1n) is 6.21. The molecule has 0 bridgehead atoms. The van der Waals surface area contributed by atoms with Gasteiger partial charge in [-0.2, -0.15) is 0 Å². The molecule has 1 unspecified atom stereocenters. The number of hydrogen-bond donors (Lipinski definition) is 1. The van der Waals surface area contributed by atoms with Crippen LogP contribution in [-0.4, -0.2) is 13.1 Å². The topological polar surface area (TPSA) is 12.0 Å². The zero-order valence-electron chi connectivity index (χ0n) is 9.84. The minimum Gasteiger partial charge on any atom is -0.317 e. The van der Waals surface area contributed by atoms with Crippen molar-refractivity contribution in [3.8, 4) is 0 Å². The molecule has 2 rings (SSSR count). The first-order chi connectivity index (χ1) is 7.79. The standard InChI is InChI=1S/C13H20ClNS/c1-15-12(10-4-2-3-5-10)8-6-11-7-9-13(14)16-11/h7,9-10,12,15H,2-6,8H2,1H3. The van der Waals surface area contributed by atoms with Crippen LogP contribution in [-0.2, 0) is 6.42 Å². The Bertz CT molecular complexity index is 317. The van der Waals surface area contributed by atoms with Gasteiger partial charge in [-0.3, -0.25) is 0 Å². The van der Waals surface area contributed by atoms with Gasteiger partial charge in [0.1, 0.15) is 0 Å². The molecular weight excluding hydrogens is 238 g/mol. The summed E-state index contributed by atoms with van der Waals surface area (Å²) in [7, 11) is 2.10. The summed E-state index contributed by atoms with van der Waals surface area (Å²) in [5.41, 5.74) is 0. The maximum atomic E-state index is 5.94. The second-order valence-electron chi connectivity index (χ2n) is 4.68. The lowest BCUT2D eigenvalue weighted by Crippen LogP contribution is -2.32. The number of nitrogens with one attached hydrogen (secondary N) is 1. The van der Waals surface area contributed by atoms with Gasteiger partial charge in [-0.25, -0.2) is 0 Å². The van der Waals surface area contributed by atoms with E-state index >= 15 is 0 Å². The third-order valence-electron chi connectivity index (χ3n) is 3.67. The van der Waals surface area contributed by atoms with E-state index in [1.807, 2.05) is 6.07 Å². The first kappa shape index (κ1) is 12.4. The van der Waals surface area contributed by atoms with Crippen LogP contribution in [0.3, 0.4) is 0 Å². The highest BCUT2D eigenvalue weighted by Crippen LogP contribution is 2.30. The molecule has 0 aliphatic heterocycles. The van der Waals surface area contributed by atoms with Crippen molar-refractivity contribution in [2.45, 2.75) is 44.6 Å². The molecule has 0 spiro atoms. The van der Waals surface area contributed by atoms with Crippen LogP contribution in [0.25, 0.3) is 0 Å². The summed E-state index contributed by atoms with van der Waals surface area (Å²) in [5.74, 6) is 0.903. The largest absolute Gasteiger partial charge is 0.317 e. The summed E-state index contributed by atoms with van der Waals surface area (Å²) in [6, 6.07) is 4.86. The van der Waals surface area contributed by atoms with E-state index in [2.05, 4.69) is 18.4 Å². The molecular formula is C13H20ClNS. The van der Waals surface area contributed by atoms with E-state index < -0.39 is 0 Å². The van der Waals surface area contributed by atoms with Crippen molar-refractivity contribution in [3.63, 3.8) is 0 Å². The van der Waals surface area contributed by atoms with Gasteiger partial charge in [0.15, 0.2) is 0 Å². The van der Waals surface area contributed by atoms with Gasteiger partial charge in [-0.05, 0) is 50.8 Å². The second kappa shape index (κ2) is 6.04. The van der Waals surface area contributed by atoms with Crippen molar-refractivity contribution in [1.82, 2.24) is 5.32 Å². The quantitative estimate of drug-likeness (QED) is 0.837. The fourth-order valence-electron chi connectivity index (χ4n) is 2.76. The van der Waals surface area contributed by atoms with Crippen LogP contribution in [0.5, 0.6) is 0 Å². The van der Waals surface area contributed by atoms with Crippen LogP contribution in [0.1, 0.15) is 37.0 Å². The molecule has 1 atom stereocenters. The molecule has 3 heteroatoms. The van der Waals surface area contributed by atoms with E-state index in [4.69, 9.17) is 11.6 Å². The molecule has 1 aliphatic carbocycles. The van der Waals surface area contributed by atoms with Gasteiger partial charge in [0, 0.05) is 10.9 Å². The van der Waals surface area contributed by atoms with Crippen molar-refractivity contribution in [1.29, 1.82) is 0 Å². The molecule has 1 heterocycles. The molecule has 1 nitrogen and oxygen atoms in total. The first-order valence-corrected chi connectivity index (χ1v) is 7.40. The predicted octanol–water partition coefficient (Wildman–Crippen LogP) is 4.11. The molecule has 0 aromatic carbocycles. The molecule has 16 heavy (non-hydrogen) atoms. The van der Waals surface area contributed by atoms with Gasteiger partial charge >= 0.3 is 0 Å². The average Bonchev–Trinajstić information content (AvgIpc) is 2.91. The fourth-order valence-corrected chi connectivity index (χ4v) is 3.86. The van der Waals surface area contributed by atoms with Crippen LogP contribution < -0.4 is 5.32 Å². The summed E-state index contributed by atoms with van der Waals surface area (Å²) in [5, 5.41) is 3.49. The summed E-state index contributed by atoms with van der Waals surface area (Å²) < 4.78 is 0.914. The lowest BCUT2D eigenvalue weighted by Gasteiger charge is -2.22. The van der Waals surface area contributed by atoms with Crippen molar-refractivity contribution in [2.24, 2.45) is 5.92 Å². The molecule has 1 aromatic heterocycles. The molecule has 1 fully saturated rings. The number of thiophene rings is 1. The minimum atomic E-state index is 0.698. The predicted molar refractivity (Wildman–Crippen MR) is 72.5 cm³/mol. The van der Waals surface area contributed by atoms with E-state index in [1.54, 1.807) is 11.3 Å².